The van der Waals surface area contributed by atoms with Crippen LogP contribution in [-0.4, -0.2) is 49.8 Å². The van der Waals surface area contributed by atoms with Crippen LogP contribution in [0.4, 0.5) is 37.1 Å². The lowest BCUT2D eigenvalue weighted by molar-refractivity contribution is -0.142. The number of amides is 1. The van der Waals surface area contributed by atoms with Gasteiger partial charge in [0.25, 0.3) is 0 Å². The topological polar surface area (TPSA) is 82.8 Å². The smallest absolute Gasteiger partial charge is 0.433 e. The van der Waals surface area contributed by atoms with Gasteiger partial charge < -0.3 is 15.3 Å². The molecule has 2 atom stereocenters. The molecule has 5 rings (SSSR count). The lowest BCUT2D eigenvalue weighted by atomic mass is 9.92. The summed E-state index contributed by atoms with van der Waals surface area (Å²) in [5.41, 5.74) is -2.18. The molecule has 2 fully saturated rings. The van der Waals surface area contributed by atoms with Crippen LogP contribution in [0, 0.1) is 11.8 Å². The Hall–Kier alpha value is -3.51. The number of fused-ring (bicyclic) bond motifs is 3. The third kappa shape index (κ3) is 4.23. The number of benzene rings is 1. The van der Waals surface area contributed by atoms with Gasteiger partial charge in [-0.15, -0.1) is 5.10 Å². The van der Waals surface area contributed by atoms with Crippen molar-refractivity contribution >= 4 is 17.7 Å². The second-order valence-electron chi connectivity index (χ2n) is 8.83. The zero-order valence-corrected chi connectivity index (χ0v) is 17.9. The maximum Gasteiger partial charge on any atom is 0.433 e. The molecule has 1 aliphatic heterocycles. The number of likely N-dealkylation sites (tertiary alicyclic amines) is 1. The van der Waals surface area contributed by atoms with Crippen molar-refractivity contribution in [3.05, 3.63) is 47.7 Å². The van der Waals surface area contributed by atoms with E-state index in [1.165, 1.54) is 17.0 Å². The molecule has 1 aliphatic carbocycles. The molecule has 2 N–H and O–H groups in total. The fourth-order valence-corrected chi connectivity index (χ4v) is 5.09. The second kappa shape index (κ2) is 8.02. The molecule has 3 aromatic rings. The second-order valence-corrected chi connectivity index (χ2v) is 8.83. The van der Waals surface area contributed by atoms with Crippen molar-refractivity contribution in [2.75, 3.05) is 18.4 Å². The monoisotopic (exact) mass is 499 g/mol. The maximum absolute atomic E-state index is 13.7. The van der Waals surface area contributed by atoms with E-state index >= 15 is 0 Å². The zero-order valence-electron chi connectivity index (χ0n) is 17.9. The largest absolute Gasteiger partial charge is 0.465 e. The van der Waals surface area contributed by atoms with E-state index in [0.717, 1.165) is 37.1 Å². The highest BCUT2D eigenvalue weighted by Crippen LogP contribution is 2.40. The zero-order chi connectivity index (χ0) is 25.1. The standard InChI is InChI=1S/C22H19F6N5O2/c23-21(24,25)14-3-1-2-11(8-14)15-6-7-16(22(26,27)28)33-18(15)30-19(31-33)29-17-12-4-5-13(17)10-32(9-12)20(34)35/h1-3,6-8,12-13,17H,4-5,9-10H2,(H,29,31)(H,34,35). The van der Waals surface area contributed by atoms with Gasteiger partial charge in [-0.05, 0) is 54.5 Å². The van der Waals surface area contributed by atoms with Crippen LogP contribution in [0.5, 0.6) is 0 Å². The van der Waals surface area contributed by atoms with Gasteiger partial charge in [-0.3, -0.25) is 0 Å². The number of hydrogen-bond donors (Lipinski definition) is 2. The number of nitrogens with zero attached hydrogens (tertiary/aromatic N) is 4. The van der Waals surface area contributed by atoms with E-state index in [4.69, 9.17) is 0 Å². The molecule has 13 heteroatoms. The van der Waals surface area contributed by atoms with E-state index in [0.29, 0.717) is 17.6 Å². The summed E-state index contributed by atoms with van der Waals surface area (Å²) >= 11 is 0. The molecule has 3 heterocycles. The third-order valence-corrected chi connectivity index (χ3v) is 6.68. The Bertz CT molecular complexity index is 1270. The lowest BCUT2D eigenvalue weighted by Gasteiger charge is -2.36. The maximum atomic E-state index is 13.7. The van der Waals surface area contributed by atoms with Crippen LogP contribution < -0.4 is 5.32 Å². The molecule has 1 amide bonds. The van der Waals surface area contributed by atoms with Crippen molar-refractivity contribution in [1.82, 2.24) is 19.5 Å². The molecule has 35 heavy (non-hydrogen) atoms. The van der Waals surface area contributed by atoms with E-state index < -0.39 is 29.7 Å². The quantitative estimate of drug-likeness (QED) is 0.482. The molecule has 0 radical (unpaired) electrons. The highest BCUT2D eigenvalue weighted by molar-refractivity contribution is 5.79. The highest BCUT2D eigenvalue weighted by Gasteiger charge is 2.44. The van der Waals surface area contributed by atoms with Gasteiger partial charge in [0.15, 0.2) is 5.65 Å². The van der Waals surface area contributed by atoms with Crippen LogP contribution in [0.1, 0.15) is 24.1 Å². The Kier molecular flexibility index (Phi) is 5.33. The first-order valence-corrected chi connectivity index (χ1v) is 10.8. The summed E-state index contributed by atoms with van der Waals surface area (Å²) in [6.07, 6.45) is -8.91. The molecule has 0 spiro atoms. The van der Waals surface area contributed by atoms with E-state index in [1.807, 2.05) is 0 Å². The number of pyridine rings is 1. The molecular weight excluding hydrogens is 480 g/mol. The van der Waals surface area contributed by atoms with Crippen molar-refractivity contribution in [2.24, 2.45) is 11.8 Å². The first kappa shape index (κ1) is 23.2. The van der Waals surface area contributed by atoms with E-state index in [9.17, 15) is 36.2 Å². The van der Waals surface area contributed by atoms with Gasteiger partial charge in [-0.25, -0.2) is 9.31 Å². The molecule has 186 valence electrons. The van der Waals surface area contributed by atoms with Crippen molar-refractivity contribution in [3.8, 4) is 11.1 Å². The fraction of sp³-hybridized carbons (Fsp3) is 0.409. The lowest BCUT2D eigenvalue weighted by Crippen LogP contribution is -2.49. The van der Waals surface area contributed by atoms with Gasteiger partial charge in [0.05, 0.1) is 5.56 Å². The van der Waals surface area contributed by atoms with Crippen LogP contribution in [0.2, 0.25) is 0 Å². The SMILES string of the molecule is O=C(O)N1CC2CCC(C1)C2Nc1nc2c(-c3cccc(C(F)(F)F)c3)ccc(C(F)(F)F)n2n1. The van der Waals surface area contributed by atoms with Crippen molar-refractivity contribution in [3.63, 3.8) is 0 Å². The molecule has 2 unspecified atom stereocenters. The number of hydrogen-bond acceptors (Lipinski definition) is 4. The number of nitrogens with one attached hydrogen (secondary N) is 1. The van der Waals surface area contributed by atoms with Gasteiger partial charge in [0.1, 0.15) is 5.69 Å². The van der Waals surface area contributed by atoms with Gasteiger partial charge in [0.2, 0.25) is 5.95 Å². The van der Waals surface area contributed by atoms with Gasteiger partial charge in [0, 0.05) is 24.7 Å². The average molecular weight is 499 g/mol. The number of alkyl halides is 6. The molecule has 1 saturated heterocycles. The van der Waals surface area contributed by atoms with Gasteiger partial charge in [-0.1, -0.05) is 12.1 Å². The number of aromatic nitrogens is 3. The Morgan fingerprint density at radius 2 is 1.69 bits per heavy atom. The van der Waals surface area contributed by atoms with E-state index in [-0.39, 0.29) is 40.6 Å². The molecule has 1 aromatic carbocycles. The van der Waals surface area contributed by atoms with Crippen LogP contribution in [0.15, 0.2) is 36.4 Å². The summed E-state index contributed by atoms with van der Waals surface area (Å²) in [6.45, 7) is 0.584. The number of carbonyl (C=O) groups is 1. The molecular formula is C22H19F6N5O2. The molecule has 2 aromatic heterocycles. The number of rotatable bonds is 3. The highest BCUT2D eigenvalue weighted by atomic mass is 19.4. The molecule has 7 nitrogen and oxygen atoms in total. The Morgan fingerprint density at radius 3 is 2.29 bits per heavy atom. The first-order chi connectivity index (χ1) is 16.4. The summed E-state index contributed by atoms with van der Waals surface area (Å²) in [5, 5.41) is 16.4. The van der Waals surface area contributed by atoms with Crippen LogP contribution in [-0.2, 0) is 12.4 Å². The number of carboxylic acid groups (broad SMARTS) is 1. The fourth-order valence-electron chi connectivity index (χ4n) is 5.09. The van der Waals surface area contributed by atoms with Gasteiger partial charge >= 0.3 is 18.4 Å². The van der Waals surface area contributed by atoms with E-state index in [2.05, 4.69) is 15.4 Å². The minimum absolute atomic E-state index is 0.0485. The summed E-state index contributed by atoms with van der Waals surface area (Å²) in [4.78, 5) is 16.9. The minimum Gasteiger partial charge on any atom is -0.465 e. The predicted molar refractivity (Wildman–Crippen MR) is 112 cm³/mol. The van der Waals surface area contributed by atoms with Crippen LogP contribution in [0.25, 0.3) is 16.8 Å². The number of halogens is 6. The van der Waals surface area contributed by atoms with Crippen LogP contribution >= 0.6 is 0 Å². The molecule has 1 saturated carbocycles. The Balaban J connectivity index is 1.55. The summed E-state index contributed by atoms with van der Waals surface area (Å²) in [6, 6.07) is 5.89. The summed E-state index contributed by atoms with van der Waals surface area (Å²) < 4.78 is 81.2. The average Bonchev–Trinajstić information content (AvgIpc) is 3.28. The number of piperidine rings is 1. The number of anilines is 1. The summed E-state index contributed by atoms with van der Waals surface area (Å²) in [7, 11) is 0. The minimum atomic E-state index is -4.78. The van der Waals surface area contributed by atoms with Crippen molar-refractivity contribution < 1.29 is 36.2 Å². The molecule has 2 bridgehead atoms. The Morgan fingerprint density at radius 1 is 1.00 bits per heavy atom. The molecule has 2 aliphatic rings. The van der Waals surface area contributed by atoms with Crippen LogP contribution in [0.3, 0.4) is 0 Å². The van der Waals surface area contributed by atoms with Crippen molar-refractivity contribution in [1.29, 1.82) is 0 Å². The summed E-state index contributed by atoms with van der Waals surface area (Å²) in [5.74, 6) is -0.205. The third-order valence-electron chi connectivity index (χ3n) is 6.68. The first-order valence-electron chi connectivity index (χ1n) is 10.8. The van der Waals surface area contributed by atoms with E-state index in [1.54, 1.807) is 0 Å². The van der Waals surface area contributed by atoms with Crippen molar-refractivity contribution in [2.45, 2.75) is 31.2 Å². The normalized spacial score (nSPS) is 22.6. The Labute approximate surface area is 194 Å². The predicted octanol–water partition coefficient (Wildman–Crippen LogP) is 5.23. The van der Waals surface area contributed by atoms with Gasteiger partial charge in [-0.2, -0.15) is 31.3 Å².